The van der Waals surface area contributed by atoms with Crippen LogP contribution in [0.15, 0.2) is 48.7 Å². The number of hydrogen-bond donors (Lipinski definition) is 2. The number of aromatic nitrogens is 1. The van der Waals surface area contributed by atoms with Crippen molar-refractivity contribution in [2.24, 2.45) is 0 Å². The highest BCUT2D eigenvalue weighted by Crippen LogP contribution is 2.42. The van der Waals surface area contributed by atoms with Crippen LogP contribution in [-0.2, 0) is 4.79 Å². The molecule has 2 unspecified atom stereocenters. The summed E-state index contributed by atoms with van der Waals surface area (Å²) in [5, 5.41) is 4.82. The number of rotatable bonds is 2. The van der Waals surface area contributed by atoms with Crippen molar-refractivity contribution in [1.82, 2.24) is 20.7 Å². The van der Waals surface area contributed by atoms with Gasteiger partial charge in [-0.05, 0) is 30.3 Å². The molecule has 5 rings (SSSR count). The molecule has 0 spiro atoms. The number of carbonyl (C=O) groups is 1. The van der Waals surface area contributed by atoms with Gasteiger partial charge in [0.15, 0.2) is 11.5 Å². The number of nitrogens with zero attached hydrogens (tertiary/aromatic N) is 2. The van der Waals surface area contributed by atoms with E-state index < -0.39 is 6.29 Å². The molecule has 1 fully saturated rings. The summed E-state index contributed by atoms with van der Waals surface area (Å²) in [5.74, 6) is -0.393. The molecule has 27 heavy (non-hydrogen) atoms. The number of halogens is 2. The third-order valence-corrected chi connectivity index (χ3v) is 4.73. The maximum Gasteiger partial charge on any atom is 0.586 e. The lowest BCUT2D eigenvalue weighted by atomic mass is 9.99. The molecule has 1 amide bonds. The normalized spacial score (nSPS) is 25.0. The van der Waals surface area contributed by atoms with E-state index in [9.17, 15) is 13.6 Å². The first-order valence-corrected chi connectivity index (χ1v) is 8.36. The third kappa shape index (κ3) is 2.67. The minimum absolute atomic E-state index is 0.0398. The molecule has 0 radical (unpaired) electrons. The zero-order valence-electron chi connectivity index (χ0n) is 13.9. The highest BCUT2D eigenvalue weighted by molar-refractivity contribution is 5.97. The van der Waals surface area contributed by atoms with Crippen LogP contribution in [0.2, 0.25) is 0 Å². The molecule has 9 heteroatoms. The molecule has 3 aliphatic rings. The minimum atomic E-state index is -3.68. The molecule has 3 aliphatic heterocycles. The maximum atomic E-state index is 13.2. The van der Waals surface area contributed by atoms with Gasteiger partial charge in [0.25, 0.3) is 5.91 Å². The second-order valence-electron chi connectivity index (χ2n) is 6.41. The molecule has 2 N–H and O–H groups in total. The number of hydrogen-bond acceptors (Lipinski definition) is 6. The Morgan fingerprint density at radius 2 is 2.04 bits per heavy atom. The van der Waals surface area contributed by atoms with Crippen LogP contribution in [0.4, 0.5) is 8.78 Å². The smallest absolute Gasteiger partial charge is 0.395 e. The second-order valence-corrected chi connectivity index (χ2v) is 6.41. The third-order valence-electron chi connectivity index (χ3n) is 4.73. The first-order valence-electron chi connectivity index (χ1n) is 8.36. The van der Waals surface area contributed by atoms with Crippen molar-refractivity contribution in [2.75, 3.05) is 6.54 Å². The number of amides is 1. The maximum absolute atomic E-state index is 13.2. The summed E-state index contributed by atoms with van der Waals surface area (Å²) < 4.78 is 35.4. The average Bonchev–Trinajstić information content (AvgIpc) is 3.21. The molecule has 2 aromatic rings. The number of pyridine rings is 1. The van der Waals surface area contributed by atoms with Crippen molar-refractivity contribution in [2.45, 2.75) is 18.4 Å². The summed E-state index contributed by atoms with van der Waals surface area (Å²) >= 11 is 0. The van der Waals surface area contributed by atoms with E-state index in [2.05, 4.69) is 25.2 Å². The fourth-order valence-electron chi connectivity index (χ4n) is 3.51. The zero-order chi connectivity index (χ0) is 18.6. The molecule has 0 bridgehead atoms. The minimum Gasteiger partial charge on any atom is -0.395 e. The summed E-state index contributed by atoms with van der Waals surface area (Å²) in [4.78, 5) is 16.9. The number of carbonyl (C=O) groups excluding carboxylic acids is 1. The van der Waals surface area contributed by atoms with Crippen molar-refractivity contribution >= 4 is 11.6 Å². The Balaban J connectivity index is 1.46. The van der Waals surface area contributed by atoms with E-state index in [1.54, 1.807) is 12.3 Å². The first kappa shape index (κ1) is 16.0. The van der Waals surface area contributed by atoms with Crippen molar-refractivity contribution in [1.29, 1.82) is 0 Å². The molecule has 0 saturated carbocycles. The summed E-state index contributed by atoms with van der Waals surface area (Å²) in [6, 6.07) is 10.1. The van der Waals surface area contributed by atoms with Crippen LogP contribution in [0, 0.1) is 0 Å². The van der Waals surface area contributed by atoms with Crippen LogP contribution in [0.5, 0.6) is 11.5 Å². The van der Waals surface area contributed by atoms with Crippen LogP contribution in [0.25, 0.3) is 5.70 Å². The molecule has 138 valence electrons. The van der Waals surface area contributed by atoms with Crippen LogP contribution >= 0.6 is 0 Å². The Hall–Kier alpha value is -3.20. The number of fused-ring (bicyclic) bond motifs is 2. The van der Waals surface area contributed by atoms with Gasteiger partial charge in [0.1, 0.15) is 6.17 Å². The van der Waals surface area contributed by atoms with E-state index in [0.29, 0.717) is 17.8 Å². The lowest BCUT2D eigenvalue weighted by Crippen LogP contribution is -2.52. The van der Waals surface area contributed by atoms with Crippen molar-refractivity contribution in [3.8, 4) is 11.5 Å². The summed E-state index contributed by atoms with van der Waals surface area (Å²) in [5.41, 5.74) is 5.00. The molecule has 1 saturated heterocycles. The van der Waals surface area contributed by atoms with Crippen LogP contribution < -0.4 is 20.2 Å². The number of ether oxygens (including phenoxy) is 2. The van der Waals surface area contributed by atoms with Gasteiger partial charge in [0.05, 0.1) is 5.92 Å². The Bertz CT molecular complexity index is 951. The van der Waals surface area contributed by atoms with E-state index in [0.717, 1.165) is 5.69 Å². The van der Waals surface area contributed by atoms with Crippen LogP contribution in [0.3, 0.4) is 0 Å². The zero-order valence-corrected chi connectivity index (χ0v) is 13.9. The first-order chi connectivity index (χ1) is 13.0. The summed E-state index contributed by atoms with van der Waals surface area (Å²) in [6.07, 6.45) is -0.905. The van der Waals surface area contributed by atoms with Crippen molar-refractivity contribution < 1.29 is 23.0 Å². The lowest BCUT2D eigenvalue weighted by Gasteiger charge is -2.32. The number of nitrogens with one attached hydrogen (secondary N) is 2. The summed E-state index contributed by atoms with van der Waals surface area (Å²) in [7, 11) is 0. The van der Waals surface area contributed by atoms with E-state index >= 15 is 0 Å². The fraction of sp³-hybridized carbons (Fsp3) is 0.222. The Morgan fingerprint density at radius 3 is 2.85 bits per heavy atom. The van der Waals surface area contributed by atoms with E-state index in [-0.39, 0.29) is 29.5 Å². The predicted octanol–water partition coefficient (Wildman–Crippen LogP) is 1.80. The van der Waals surface area contributed by atoms with Gasteiger partial charge in [0, 0.05) is 35.8 Å². The van der Waals surface area contributed by atoms with E-state index in [4.69, 9.17) is 0 Å². The lowest BCUT2D eigenvalue weighted by molar-refractivity contribution is -0.286. The van der Waals surface area contributed by atoms with Gasteiger partial charge in [-0.2, -0.15) is 0 Å². The fourth-order valence-corrected chi connectivity index (χ4v) is 3.51. The predicted molar refractivity (Wildman–Crippen MR) is 89.4 cm³/mol. The van der Waals surface area contributed by atoms with Crippen LogP contribution in [-0.4, -0.2) is 34.9 Å². The topological polar surface area (TPSA) is 75.7 Å². The quantitative estimate of drug-likeness (QED) is 0.838. The highest BCUT2D eigenvalue weighted by Gasteiger charge is 2.44. The van der Waals surface area contributed by atoms with E-state index in [1.807, 2.05) is 18.2 Å². The number of hydrazine groups is 1. The molecule has 1 aromatic carbocycles. The molecule has 7 nitrogen and oxygen atoms in total. The second kappa shape index (κ2) is 5.65. The van der Waals surface area contributed by atoms with Gasteiger partial charge in [-0.3, -0.25) is 14.8 Å². The Labute approximate surface area is 152 Å². The molecule has 2 atom stereocenters. The highest BCUT2D eigenvalue weighted by atomic mass is 19.3. The largest absolute Gasteiger partial charge is 0.586 e. The number of benzene rings is 1. The standard InChI is InChI=1S/C18H14F2N4O3/c19-18(20)26-14-5-4-10(7-15(14)27-18)13-8-16(25)24-17(23-13)11(9-22-24)12-3-1-2-6-21-12/h1-8,11,17,22-23H,9H2. The average molecular weight is 372 g/mol. The summed E-state index contributed by atoms with van der Waals surface area (Å²) in [6.45, 7) is 0.550. The van der Waals surface area contributed by atoms with Gasteiger partial charge in [-0.25, -0.2) is 5.43 Å². The van der Waals surface area contributed by atoms with Crippen molar-refractivity contribution in [3.63, 3.8) is 0 Å². The van der Waals surface area contributed by atoms with Gasteiger partial charge < -0.3 is 14.8 Å². The number of alkyl halides is 2. The molecule has 4 heterocycles. The SMILES string of the molecule is O=C1C=C(c2ccc3c(c2)OC(F)(F)O3)NC2C(c3ccccn3)CNN12. The van der Waals surface area contributed by atoms with Gasteiger partial charge >= 0.3 is 6.29 Å². The molecular weight excluding hydrogens is 358 g/mol. The Kier molecular flexibility index (Phi) is 3.35. The monoisotopic (exact) mass is 372 g/mol. The molecular formula is C18H14F2N4O3. The van der Waals surface area contributed by atoms with Crippen molar-refractivity contribution in [3.05, 3.63) is 59.9 Å². The van der Waals surface area contributed by atoms with Gasteiger partial charge in [-0.1, -0.05) is 6.07 Å². The van der Waals surface area contributed by atoms with Gasteiger partial charge in [0.2, 0.25) is 0 Å². The Morgan fingerprint density at radius 1 is 1.19 bits per heavy atom. The van der Waals surface area contributed by atoms with Gasteiger partial charge in [-0.15, -0.1) is 8.78 Å². The molecule has 1 aromatic heterocycles. The van der Waals surface area contributed by atoms with E-state index in [1.165, 1.54) is 23.2 Å². The molecule has 0 aliphatic carbocycles. The van der Waals surface area contributed by atoms with Crippen LogP contribution in [0.1, 0.15) is 17.2 Å².